The normalized spacial score (nSPS) is 15.6. The molecule has 2 rings (SSSR count). The minimum Gasteiger partial charge on any atom is -0.495 e. The molecule has 0 spiro atoms. The van der Waals surface area contributed by atoms with Crippen LogP contribution in [0.4, 0.5) is 10.5 Å². The molecule has 0 saturated carbocycles. The largest absolute Gasteiger partial charge is 0.495 e. The summed E-state index contributed by atoms with van der Waals surface area (Å²) in [6, 6.07) is 6.65. The van der Waals surface area contributed by atoms with Crippen molar-refractivity contribution in [1.82, 2.24) is 10.2 Å². The van der Waals surface area contributed by atoms with Gasteiger partial charge in [0.1, 0.15) is 11.8 Å². The van der Waals surface area contributed by atoms with Crippen LogP contribution in [-0.2, 0) is 4.79 Å². The highest BCUT2D eigenvalue weighted by molar-refractivity contribution is 7.98. The van der Waals surface area contributed by atoms with Crippen LogP contribution in [0.3, 0.4) is 0 Å². The maximum atomic E-state index is 12.7. The molecule has 1 atom stereocenters. The fourth-order valence-electron chi connectivity index (χ4n) is 2.94. The highest BCUT2D eigenvalue weighted by atomic mass is 32.2. The summed E-state index contributed by atoms with van der Waals surface area (Å²) in [5, 5.41) is 2.57. The molecule has 1 aliphatic heterocycles. The number of para-hydroxylation sites is 2. The average molecular weight is 366 g/mol. The first-order valence-electron chi connectivity index (χ1n) is 8.28. The first kappa shape index (κ1) is 19.2. The molecule has 25 heavy (non-hydrogen) atoms. The van der Waals surface area contributed by atoms with E-state index in [4.69, 9.17) is 10.5 Å². The molecule has 1 aromatic carbocycles. The number of carbonyl (C=O) groups excluding carboxylic acids is 2. The summed E-state index contributed by atoms with van der Waals surface area (Å²) in [6.45, 7) is 2.65. The maximum Gasteiger partial charge on any atom is 0.312 e. The predicted molar refractivity (Wildman–Crippen MR) is 101 cm³/mol. The number of hydrogen-bond acceptors (Lipinski definition) is 5. The third-order valence-electron chi connectivity index (χ3n) is 4.24. The SMILES string of the molecule is COc1ccccc1N1CCN(C(=O)[C@@H](CCSC)NC(N)=O)CC1. The molecule has 7 nitrogen and oxygen atoms in total. The third-order valence-corrected chi connectivity index (χ3v) is 4.89. The molecule has 3 amide bonds. The lowest BCUT2D eigenvalue weighted by Gasteiger charge is -2.38. The Morgan fingerprint density at radius 2 is 1.96 bits per heavy atom. The smallest absolute Gasteiger partial charge is 0.312 e. The van der Waals surface area contributed by atoms with Gasteiger partial charge in [-0.1, -0.05) is 12.1 Å². The van der Waals surface area contributed by atoms with Gasteiger partial charge in [-0.05, 0) is 30.6 Å². The number of ether oxygens (including phenoxy) is 1. The highest BCUT2D eigenvalue weighted by Crippen LogP contribution is 2.28. The summed E-state index contributed by atoms with van der Waals surface area (Å²) in [4.78, 5) is 27.9. The van der Waals surface area contributed by atoms with Crippen LogP contribution in [0.15, 0.2) is 24.3 Å². The zero-order valence-electron chi connectivity index (χ0n) is 14.7. The van der Waals surface area contributed by atoms with Crippen LogP contribution in [0.2, 0.25) is 0 Å². The molecule has 0 radical (unpaired) electrons. The lowest BCUT2D eigenvalue weighted by Crippen LogP contribution is -2.55. The zero-order chi connectivity index (χ0) is 18.2. The molecule has 1 fully saturated rings. The van der Waals surface area contributed by atoms with E-state index in [9.17, 15) is 9.59 Å². The van der Waals surface area contributed by atoms with Crippen LogP contribution < -0.4 is 20.7 Å². The second-order valence-corrected chi connectivity index (χ2v) is 6.81. The minimum absolute atomic E-state index is 0.0625. The molecular formula is C17H26N4O3S. The summed E-state index contributed by atoms with van der Waals surface area (Å²) < 4.78 is 5.41. The van der Waals surface area contributed by atoms with E-state index < -0.39 is 12.1 Å². The van der Waals surface area contributed by atoms with Crippen molar-refractivity contribution in [2.75, 3.05) is 50.2 Å². The van der Waals surface area contributed by atoms with Crippen molar-refractivity contribution in [3.05, 3.63) is 24.3 Å². The van der Waals surface area contributed by atoms with Crippen LogP contribution in [0, 0.1) is 0 Å². The summed E-state index contributed by atoms with van der Waals surface area (Å²) in [6.07, 6.45) is 2.55. The van der Waals surface area contributed by atoms with Crippen LogP contribution >= 0.6 is 11.8 Å². The quantitative estimate of drug-likeness (QED) is 0.755. The Bertz CT molecular complexity index is 591. The number of primary amides is 1. The third kappa shape index (κ3) is 5.19. The number of rotatable bonds is 7. The number of amides is 3. The van der Waals surface area contributed by atoms with Crippen molar-refractivity contribution >= 4 is 29.4 Å². The lowest BCUT2D eigenvalue weighted by atomic mass is 10.1. The van der Waals surface area contributed by atoms with Crippen LogP contribution in [-0.4, -0.2) is 68.2 Å². The first-order chi connectivity index (χ1) is 12.1. The number of nitrogens with two attached hydrogens (primary N) is 1. The number of hydrogen-bond donors (Lipinski definition) is 2. The molecule has 0 aliphatic carbocycles. The van der Waals surface area contributed by atoms with Gasteiger partial charge >= 0.3 is 6.03 Å². The van der Waals surface area contributed by atoms with Gasteiger partial charge in [0.2, 0.25) is 5.91 Å². The van der Waals surface area contributed by atoms with E-state index in [0.717, 1.165) is 30.3 Å². The van der Waals surface area contributed by atoms with E-state index in [1.54, 1.807) is 23.8 Å². The Kier molecular flexibility index (Phi) is 7.24. The molecule has 1 saturated heterocycles. The number of carbonyl (C=O) groups is 2. The van der Waals surface area contributed by atoms with Gasteiger partial charge in [-0.15, -0.1) is 0 Å². The van der Waals surface area contributed by atoms with Gasteiger partial charge in [-0.25, -0.2) is 4.79 Å². The second-order valence-electron chi connectivity index (χ2n) is 5.83. The molecular weight excluding hydrogens is 340 g/mol. The number of thioether (sulfide) groups is 1. The van der Waals surface area contributed by atoms with Gasteiger partial charge in [-0.3, -0.25) is 4.79 Å². The summed E-state index contributed by atoms with van der Waals surface area (Å²) in [5.74, 6) is 1.56. The number of piperazine rings is 1. The van der Waals surface area contributed by atoms with Gasteiger partial charge in [0.15, 0.2) is 0 Å². The van der Waals surface area contributed by atoms with Gasteiger partial charge in [0.05, 0.1) is 12.8 Å². The van der Waals surface area contributed by atoms with E-state index >= 15 is 0 Å². The van der Waals surface area contributed by atoms with E-state index in [1.807, 2.05) is 30.5 Å². The fourth-order valence-corrected chi connectivity index (χ4v) is 3.42. The first-order valence-corrected chi connectivity index (χ1v) is 9.68. The highest BCUT2D eigenvalue weighted by Gasteiger charge is 2.28. The Hall–Kier alpha value is -2.09. The van der Waals surface area contributed by atoms with Gasteiger partial charge < -0.3 is 25.6 Å². The van der Waals surface area contributed by atoms with Crippen LogP contribution in [0.1, 0.15) is 6.42 Å². The van der Waals surface area contributed by atoms with Gasteiger partial charge in [-0.2, -0.15) is 11.8 Å². The Morgan fingerprint density at radius 1 is 1.28 bits per heavy atom. The fraction of sp³-hybridized carbons (Fsp3) is 0.529. The van der Waals surface area contributed by atoms with Crippen LogP contribution in [0.25, 0.3) is 0 Å². The van der Waals surface area contributed by atoms with Crippen molar-refractivity contribution in [3.8, 4) is 5.75 Å². The van der Waals surface area contributed by atoms with Crippen molar-refractivity contribution in [2.45, 2.75) is 12.5 Å². The molecule has 0 unspecified atom stereocenters. The summed E-state index contributed by atoms with van der Waals surface area (Å²) >= 11 is 1.64. The van der Waals surface area contributed by atoms with Gasteiger partial charge in [0.25, 0.3) is 0 Å². The van der Waals surface area contributed by atoms with E-state index in [2.05, 4.69) is 10.2 Å². The molecule has 1 aliphatic rings. The number of urea groups is 1. The van der Waals surface area contributed by atoms with Gasteiger partial charge in [0, 0.05) is 26.2 Å². The zero-order valence-corrected chi connectivity index (χ0v) is 15.6. The van der Waals surface area contributed by atoms with E-state index in [-0.39, 0.29) is 5.91 Å². The molecule has 8 heteroatoms. The summed E-state index contributed by atoms with van der Waals surface area (Å²) in [7, 11) is 1.66. The number of methoxy groups -OCH3 is 1. The standard InChI is InChI=1S/C17H26N4O3S/c1-24-15-6-4-3-5-14(15)20-8-10-21(11-9-20)16(22)13(7-12-25-2)19-17(18)23/h3-6,13H,7-12H2,1-2H3,(H3,18,19,23)/t13-/m1/s1. The molecule has 138 valence electrons. The Morgan fingerprint density at radius 3 is 2.56 bits per heavy atom. The summed E-state index contributed by atoms with van der Waals surface area (Å²) in [5.41, 5.74) is 6.25. The topological polar surface area (TPSA) is 87.9 Å². The van der Waals surface area contributed by atoms with Crippen molar-refractivity contribution < 1.29 is 14.3 Å². The molecule has 1 heterocycles. The Balaban J connectivity index is 1.97. The molecule has 3 N–H and O–H groups in total. The second kappa shape index (κ2) is 9.41. The van der Waals surface area contributed by atoms with E-state index in [1.165, 1.54) is 0 Å². The Labute approximate surface area is 152 Å². The predicted octanol–water partition coefficient (Wildman–Crippen LogP) is 1.13. The number of benzene rings is 1. The van der Waals surface area contributed by atoms with Crippen molar-refractivity contribution in [2.24, 2.45) is 5.73 Å². The van der Waals surface area contributed by atoms with Crippen molar-refractivity contribution in [3.63, 3.8) is 0 Å². The van der Waals surface area contributed by atoms with Crippen molar-refractivity contribution in [1.29, 1.82) is 0 Å². The lowest BCUT2D eigenvalue weighted by molar-refractivity contribution is -0.133. The monoisotopic (exact) mass is 366 g/mol. The molecule has 1 aromatic rings. The van der Waals surface area contributed by atoms with Crippen LogP contribution in [0.5, 0.6) is 5.75 Å². The molecule has 0 bridgehead atoms. The number of nitrogens with one attached hydrogen (secondary N) is 1. The van der Waals surface area contributed by atoms with E-state index in [0.29, 0.717) is 19.5 Å². The number of anilines is 1. The maximum absolute atomic E-state index is 12.7. The minimum atomic E-state index is -0.660. The number of nitrogens with zero attached hydrogens (tertiary/aromatic N) is 2. The average Bonchev–Trinajstić information content (AvgIpc) is 2.64. The molecule has 0 aromatic heterocycles.